The van der Waals surface area contributed by atoms with Gasteiger partial charge in [-0.05, 0) is 30.9 Å². The third-order valence-corrected chi connectivity index (χ3v) is 3.46. The third kappa shape index (κ3) is 4.22. The van der Waals surface area contributed by atoms with E-state index in [1.807, 2.05) is 12.1 Å². The predicted octanol–water partition coefficient (Wildman–Crippen LogP) is 3.31. The molecular weight excluding hydrogens is 226 g/mol. The first-order valence-electron chi connectivity index (χ1n) is 6.84. The van der Waals surface area contributed by atoms with Crippen LogP contribution in [0.1, 0.15) is 25.7 Å². The highest BCUT2D eigenvalue weighted by Crippen LogP contribution is 2.25. The SMILES string of the molecule is COCCOc1cccc(NCC2CCCC2)c1. The van der Waals surface area contributed by atoms with Crippen molar-refractivity contribution in [1.29, 1.82) is 0 Å². The molecule has 1 aliphatic rings. The smallest absolute Gasteiger partial charge is 0.121 e. The summed E-state index contributed by atoms with van der Waals surface area (Å²) in [5.74, 6) is 1.76. The van der Waals surface area contributed by atoms with Gasteiger partial charge >= 0.3 is 0 Å². The van der Waals surface area contributed by atoms with E-state index >= 15 is 0 Å². The van der Waals surface area contributed by atoms with Gasteiger partial charge < -0.3 is 14.8 Å². The van der Waals surface area contributed by atoms with Crippen molar-refractivity contribution in [3.8, 4) is 5.75 Å². The van der Waals surface area contributed by atoms with Gasteiger partial charge in [-0.3, -0.25) is 0 Å². The number of anilines is 1. The van der Waals surface area contributed by atoms with Crippen LogP contribution in [0, 0.1) is 5.92 Å². The molecule has 0 spiro atoms. The molecule has 1 aromatic carbocycles. The maximum Gasteiger partial charge on any atom is 0.121 e. The van der Waals surface area contributed by atoms with E-state index in [1.165, 1.54) is 25.7 Å². The lowest BCUT2D eigenvalue weighted by atomic mass is 10.1. The zero-order chi connectivity index (χ0) is 12.6. The summed E-state index contributed by atoms with van der Waals surface area (Å²) in [4.78, 5) is 0. The molecular formula is C15H23NO2. The Morgan fingerprint density at radius 2 is 2.06 bits per heavy atom. The number of hydrogen-bond acceptors (Lipinski definition) is 3. The summed E-state index contributed by atoms with van der Waals surface area (Å²) in [6.07, 6.45) is 5.53. The lowest BCUT2D eigenvalue weighted by Gasteiger charge is -2.13. The van der Waals surface area contributed by atoms with E-state index in [-0.39, 0.29) is 0 Å². The molecule has 1 aliphatic carbocycles. The average Bonchev–Trinajstić information content (AvgIpc) is 2.90. The van der Waals surface area contributed by atoms with Gasteiger partial charge in [0.05, 0.1) is 6.61 Å². The van der Waals surface area contributed by atoms with Crippen LogP contribution in [-0.4, -0.2) is 26.9 Å². The number of hydrogen-bond donors (Lipinski definition) is 1. The quantitative estimate of drug-likeness (QED) is 0.752. The van der Waals surface area contributed by atoms with E-state index < -0.39 is 0 Å². The van der Waals surface area contributed by atoms with Crippen molar-refractivity contribution in [3.05, 3.63) is 24.3 Å². The molecule has 0 aromatic heterocycles. The summed E-state index contributed by atoms with van der Waals surface area (Å²) >= 11 is 0. The monoisotopic (exact) mass is 249 g/mol. The van der Waals surface area contributed by atoms with Crippen LogP contribution in [0.5, 0.6) is 5.75 Å². The molecule has 1 N–H and O–H groups in total. The Morgan fingerprint density at radius 1 is 1.22 bits per heavy atom. The molecule has 3 nitrogen and oxygen atoms in total. The van der Waals surface area contributed by atoms with Crippen molar-refractivity contribution in [3.63, 3.8) is 0 Å². The molecule has 0 bridgehead atoms. The first-order valence-corrected chi connectivity index (χ1v) is 6.84. The lowest BCUT2D eigenvalue weighted by molar-refractivity contribution is 0.146. The van der Waals surface area contributed by atoms with Crippen LogP contribution in [0.2, 0.25) is 0 Å². The van der Waals surface area contributed by atoms with E-state index in [2.05, 4.69) is 17.4 Å². The van der Waals surface area contributed by atoms with E-state index in [9.17, 15) is 0 Å². The zero-order valence-corrected chi connectivity index (χ0v) is 11.2. The fraction of sp³-hybridized carbons (Fsp3) is 0.600. The van der Waals surface area contributed by atoms with Crippen molar-refractivity contribution in [2.45, 2.75) is 25.7 Å². The molecule has 100 valence electrons. The molecule has 0 heterocycles. The first kappa shape index (κ1) is 13.2. The van der Waals surface area contributed by atoms with Crippen molar-refractivity contribution in [2.75, 3.05) is 32.2 Å². The number of nitrogens with one attached hydrogen (secondary N) is 1. The van der Waals surface area contributed by atoms with Crippen LogP contribution in [0.25, 0.3) is 0 Å². The zero-order valence-electron chi connectivity index (χ0n) is 11.2. The summed E-state index contributed by atoms with van der Waals surface area (Å²) in [5, 5.41) is 3.51. The molecule has 1 saturated carbocycles. The van der Waals surface area contributed by atoms with Crippen molar-refractivity contribution >= 4 is 5.69 Å². The van der Waals surface area contributed by atoms with Crippen LogP contribution in [0.3, 0.4) is 0 Å². The molecule has 1 aromatic rings. The average molecular weight is 249 g/mol. The fourth-order valence-corrected chi connectivity index (χ4v) is 2.42. The predicted molar refractivity (Wildman–Crippen MR) is 74.3 cm³/mol. The lowest BCUT2D eigenvalue weighted by Crippen LogP contribution is -2.11. The fourth-order valence-electron chi connectivity index (χ4n) is 2.42. The highest BCUT2D eigenvalue weighted by atomic mass is 16.5. The van der Waals surface area contributed by atoms with Crippen LogP contribution >= 0.6 is 0 Å². The standard InChI is InChI=1S/C15H23NO2/c1-17-9-10-18-15-8-4-7-14(11-15)16-12-13-5-2-3-6-13/h4,7-8,11,13,16H,2-3,5-6,9-10,12H2,1H3. The third-order valence-electron chi connectivity index (χ3n) is 3.46. The van der Waals surface area contributed by atoms with Gasteiger partial charge in [0.15, 0.2) is 0 Å². The molecule has 0 aliphatic heterocycles. The Hall–Kier alpha value is -1.22. The van der Waals surface area contributed by atoms with Gasteiger partial charge in [0.1, 0.15) is 12.4 Å². The van der Waals surface area contributed by atoms with Gasteiger partial charge in [0, 0.05) is 25.4 Å². The number of rotatable bonds is 7. The number of methoxy groups -OCH3 is 1. The maximum absolute atomic E-state index is 5.59. The van der Waals surface area contributed by atoms with Gasteiger partial charge in [-0.1, -0.05) is 18.9 Å². The first-order chi connectivity index (χ1) is 8.88. The van der Waals surface area contributed by atoms with Crippen LogP contribution < -0.4 is 10.1 Å². The van der Waals surface area contributed by atoms with Gasteiger partial charge in [0.25, 0.3) is 0 Å². The molecule has 0 saturated heterocycles. The highest BCUT2D eigenvalue weighted by molar-refractivity contribution is 5.48. The van der Waals surface area contributed by atoms with Crippen molar-refractivity contribution in [2.24, 2.45) is 5.92 Å². The van der Waals surface area contributed by atoms with E-state index in [1.54, 1.807) is 7.11 Å². The van der Waals surface area contributed by atoms with Crippen molar-refractivity contribution in [1.82, 2.24) is 0 Å². The van der Waals surface area contributed by atoms with Crippen LogP contribution in [-0.2, 0) is 4.74 Å². The van der Waals surface area contributed by atoms with Crippen molar-refractivity contribution < 1.29 is 9.47 Å². The van der Waals surface area contributed by atoms with E-state index in [0.29, 0.717) is 13.2 Å². The normalized spacial score (nSPS) is 15.8. The molecule has 1 fully saturated rings. The number of ether oxygens (including phenoxy) is 2. The Labute approximate surface area is 109 Å². The largest absolute Gasteiger partial charge is 0.491 e. The van der Waals surface area contributed by atoms with Crippen LogP contribution in [0.4, 0.5) is 5.69 Å². The summed E-state index contributed by atoms with van der Waals surface area (Å²) in [6, 6.07) is 8.16. The Morgan fingerprint density at radius 3 is 2.83 bits per heavy atom. The van der Waals surface area contributed by atoms with E-state index in [0.717, 1.165) is 23.9 Å². The molecule has 0 atom stereocenters. The summed E-state index contributed by atoms with van der Waals surface area (Å²) in [7, 11) is 1.68. The summed E-state index contributed by atoms with van der Waals surface area (Å²) in [6.45, 7) is 2.31. The molecule has 18 heavy (non-hydrogen) atoms. The Balaban J connectivity index is 1.78. The topological polar surface area (TPSA) is 30.5 Å². The van der Waals surface area contributed by atoms with E-state index in [4.69, 9.17) is 9.47 Å². The minimum atomic E-state index is 0.600. The summed E-state index contributed by atoms with van der Waals surface area (Å²) in [5.41, 5.74) is 1.15. The summed E-state index contributed by atoms with van der Waals surface area (Å²) < 4.78 is 10.6. The molecule has 0 radical (unpaired) electrons. The minimum absolute atomic E-state index is 0.600. The number of benzene rings is 1. The Kier molecular flexibility index (Phi) is 5.34. The van der Waals surface area contributed by atoms with Gasteiger partial charge in [-0.2, -0.15) is 0 Å². The maximum atomic E-state index is 5.59. The molecule has 0 amide bonds. The molecule has 2 rings (SSSR count). The second-order valence-corrected chi connectivity index (χ2v) is 4.90. The van der Waals surface area contributed by atoms with Crippen LogP contribution in [0.15, 0.2) is 24.3 Å². The second kappa shape index (κ2) is 7.27. The molecule has 3 heteroatoms. The minimum Gasteiger partial charge on any atom is -0.491 e. The highest BCUT2D eigenvalue weighted by Gasteiger charge is 2.14. The Bertz CT molecular complexity index is 348. The van der Waals surface area contributed by atoms with Gasteiger partial charge in [0.2, 0.25) is 0 Å². The van der Waals surface area contributed by atoms with Gasteiger partial charge in [-0.25, -0.2) is 0 Å². The van der Waals surface area contributed by atoms with Gasteiger partial charge in [-0.15, -0.1) is 0 Å². The second-order valence-electron chi connectivity index (χ2n) is 4.90. The molecule has 0 unspecified atom stereocenters.